The van der Waals surface area contributed by atoms with Crippen molar-refractivity contribution in [1.29, 1.82) is 0 Å². The van der Waals surface area contributed by atoms with E-state index in [1.165, 1.54) is 17.3 Å². The number of allylic oxidation sites excluding steroid dienone is 1. The molecule has 0 aliphatic carbocycles. The molecule has 6 nitrogen and oxygen atoms in total. The SMILES string of the molecule is C=CCn1c(SCC(=O)N(C)Cc2ccc(CC)cc2)nnc1-c1ccc(OC)cc1. The maximum Gasteiger partial charge on any atom is 0.233 e. The van der Waals surface area contributed by atoms with Crippen LogP contribution in [0.4, 0.5) is 0 Å². The Morgan fingerprint density at radius 1 is 1.13 bits per heavy atom. The zero-order chi connectivity index (χ0) is 22.2. The van der Waals surface area contributed by atoms with E-state index >= 15 is 0 Å². The zero-order valence-corrected chi connectivity index (χ0v) is 19.1. The Morgan fingerprint density at radius 3 is 2.42 bits per heavy atom. The standard InChI is InChI=1S/C24H28N4O2S/c1-5-15-28-23(20-11-13-21(30-4)14-12-20)25-26-24(28)31-17-22(29)27(3)16-19-9-7-18(6-2)8-10-19/h5,7-14H,1,6,15-17H2,2-4H3. The molecule has 3 rings (SSSR count). The number of carbonyl (C=O) groups is 1. The van der Waals surface area contributed by atoms with E-state index in [1.807, 2.05) is 35.9 Å². The maximum atomic E-state index is 12.7. The number of rotatable bonds is 10. The van der Waals surface area contributed by atoms with Crippen molar-refractivity contribution in [3.63, 3.8) is 0 Å². The van der Waals surface area contributed by atoms with Crippen LogP contribution in [0, 0.1) is 0 Å². The number of methoxy groups -OCH3 is 1. The summed E-state index contributed by atoms with van der Waals surface area (Å²) in [6.07, 6.45) is 2.81. The Morgan fingerprint density at radius 2 is 1.81 bits per heavy atom. The molecular formula is C24H28N4O2S. The van der Waals surface area contributed by atoms with Crippen LogP contribution in [0.3, 0.4) is 0 Å². The Balaban J connectivity index is 1.66. The summed E-state index contributed by atoms with van der Waals surface area (Å²) in [6.45, 7) is 7.12. The third-order valence-corrected chi connectivity index (χ3v) is 5.93. The summed E-state index contributed by atoms with van der Waals surface area (Å²) in [4.78, 5) is 14.4. The van der Waals surface area contributed by atoms with E-state index < -0.39 is 0 Å². The van der Waals surface area contributed by atoms with Crippen molar-refractivity contribution >= 4 is 17.7 Å². The molecule has 0 saturated heterocycles. The molecule has 0 bridgehead atoms. The minimum absolute atomic E-state index is 0.0451. The topological polar surface area (TPSA) is 60.2 Å². The van der Waals surface area contributed by atoms with Crippen molar-refractivity contribution in [2.24, 2.45) is 0 Å². The number of ether oxygens (including phenoxy) is 1. The van der Waals surface area contributed by atoms with E-state index in [2.05, 4.69) is 48.0 Å². The third-order valence-electron chi connectivity index (χ3n) is 4.98. The van der Waals surface area contributed by atoms with Crippen molar-refractivity contribution in [3.05, 3.63) is 72.3 Å². The van der Waals surface area contributed by atoms with Gasteiger partial charge in [-0.15, -0.1) is 16.8 Å². The summed E-state index contributed by atoms with van der Waals surface area (Å²) in [6, 6.07) is 16.1. The normalized spacial score (nSPS) is 10.7. The van der Waals surface area contributed by atoms with Gasteiger partial charge in [-0.2, -0.15) is 0 Å². The van der Waals surface area contributed by atoms with Gasteiger partial charge in [0.15, 0.2) is 11.0 Å². The molecule has 1 aromatic heterocycles. The Hall–Kier alpha value is -3.06. The van der Waals surface area contributed by atoms with E-state index in [0.29, 0.717) is 24.0 Å². The van der Waals surface area contributed by atoms with Crippen LogP contribution in [0.2, 0.25) is 0 Å². The van der Waals surface area contributed by atoms with Gasteiger partial charge in [-0.1, -0.05) is 49.0 Å². The van der Waals surface area contributed by atoms with Gasteiger partial charge in [0.1, 0.15) is 5.75 Å². The van der Waals surface area contributed by atoms with Gasteiger partial charge < -0.3 is 9.64 Å². The zero-order valence-electron chi connectivity index (χ0n) is 18.2. The highest BCUT2D eigenvalue weighted by atomic mass is 32.2. The molecule has 0 fully saturated rings. The lowest BCUT2D eigenvalue weighted by atomic mass is 10.1. The molecule has 162 valence electrons. The second kappa shape index (κ2) is 10.8. The van der Waals surface area contributed by atoms with E-state index in [4.69, 9.17) is 4.74 Å². The second-order valence-electron chi connectivity index (χ2n) is 7.14. The summed E-state index contributed by atoms with van der Waals surface area (Å²) in [5, 5.41) is 9.35. The molecule has 0 unspecified atom stereocenters. The van der Waals surface area contributed by atoms with E-state index in [1.54, 1.807) is 18.1 Å². The molecule has 0 aliphatic heterocycles. The Bertz CT molecular complexity index is 1010. The average molecular weight is 437 g/mol. The molecule has 1 amide bonds. The first-order valence-electron chi connectivity index (χ1n) is 10.2. The van der Waals surface area contributed by atoms with Crippen molar-refractivity contribution in [2.75, 3.05) is 19.9 Å². The van der Waals surface area contributed by atoms with Gasteiger partial charge in [0.25, 0.3) is 0 Å². The average Bonchev–Trinajstić information content (AvgIpc) is 3.20. The predicted molar refractivity (Wildman–Crippen MR) is 125 cm³/mol. The minimum Gasteiger partial charge on any atom is -0.497 e. The third kappa shape index (κ3) is 5.76. The van der Waals surface area contributed by atoms with Crippen molar-refractivity contribution < 1.29 is 9.53 Å². The number of hydrogen-bond donors (Lipinski definition) is 0. The van der Waals surface area contributed by atoms with Gasteiger partial charge in [0, 0.05) is 25.7 Å². The van der Waals surface area contributed by atoms with Crippen LogP contribution in [0.5, 0.6) is 5.75 Å². The molecule has 0 atom stereocenters. The smallest absolute Gasteiger partial charge is 0.233 e. The van der Waals surface area contributed by atoms with Gasteiger partial charge >= 0.3 is 0 Å². The van der Waals surface area contributed by atoms with E-state index in [9.17, 15) is 4.79 Å². The molecule has 1 heterocycles. The number of aromatic nitrogens is 3. The van der Waals surface area contributed by atoms with Crippen LogP contribution in [0.15, 0.2) is 66.3 Å². The van der Waals surface area contributed by atoms with Gasteiger partial charge in [0.05, 0.1) is 12.9 Å². The molecular weight excluding hydrogens is 408 g/mol. The van der Waals surface area contributed by atoms with E-state index in [0.717, 1.165) is 29.1 Å². The lowest BCUT2D eigenvalue weighted by Crippen LogP contribution is -2.27. The molecule has 2 aromatic carbocycles. The Kier molecular flexibility index (Phi) is 7.89. The van der Waals surface area contributed by atoms with Crippen molar-refractivity contribution in [2.45, 2.75) is 31.6 Å². The summed E-state index contributed by atoms with van der Waals surface area (Å²) in [5.41, 5.74) is 3.35. The van der Waals surface area contributed by atoms with Crippen LogP contribution in [-0.2, 0) is 24.3 Å². The van der Waals surface area contributed by atoms with Crippen LogP contribution < -0.4 is 4.74 Å². The molecule has 31 heavy (non-hydrogen) atoms. The molecule has 0 spiro atoms. The number of hydrogen-bond acceptors (Lipinski definition) is 5. The maximum absolute atomic E-state index is 12.7. The summed E-state index contributed by atoms with van der Waals surface area (Å²) in [5.74, 6) is 1.86. The Labute approximate surface area is 187 Å². The number of benzene rings is 2. The fourth-order valence-electron chi connectivity index (χ4n) is 3.12. The molecule has 7 heteroatoms. The number of nitrogens with zero attached hydrogens (tertiary/aromatic N) is 4. The molecule has 0 saturated carbocycles. The van der Waals surface area contributed by atoms with Gasteiger partial charge in [-0.3, -0.25) is 9.36 Å². The first kappa shape index (κ1) is 22.6. The summed E-state index contributed by atoms with van der Waals surface area (Å²) in [7, 11) is 3.46. The van der Waals surface area contributed by atoms with Crippen LogP contribution in [-0.4, -0.2) is 45.5 Å². The fraction of sp³-hybridized carbons (Fsp3) is 0.292. The first-order chi connectivity index (χ1) is 15.0. The minimum atomic E-state index is 0.0451. The monoisotopic (exact) mass is 436 g/mol. The van der Waals surface area contributed by atoms with Crippen LogP contribution >= 0.6 is 11.8 Å². The van der Waals surface area contributed by atoms with Crippen LogP contribution in [0.1, 0.15) is 18.1 Å². The highest BCUT2D eigenvalue weighted by molar-refractivity contribution is 7.99. The fourth-order valence-corrected chi connectivity index (χ4v) is 4.01. The number of carbonyl (C=O) groups excluding carboxylic acids is 1. The van der Waals surface area contributed by atoms with Crippen LogP contribution in [0.25, 0.3) is 11.4 Å². The molecule has 3 aromatic rings. The van der Waals surface area contributed by atoms with Gasteiger partial charge in [-0.25, -0.2) is 0 Å². The lowest BCUT2D eigenvalue weighted by Gasteiger charge is -2.17. The van der Waals surface area contributed by atoms with E-state index in [-0.39, 0.29) is 5.91 Å². The second-order valence-corrected chi connectivity index (χ2v) is 8.08. The summed E-state index contributed by atoms with van der Waals surface area (Å²) >= 11 is 1.39. The van der Waals surface area contributed by atoms with Crippen molar-refractivity contribution in [1.82, 2.24) is 19.7 Å². The van der Waals surface area contributed by atoms with Crippen molar-refractivity contribution in [3.8, 4) is 17.1 Å². The quantitative estimate of drug-likeness (QED) is 0.347. The number of thioether (sulfide) groups is 1. The molecule has 0 radical (unpaired) electrons. The number of amides is 1. The lowest BCUT2D eigenvalue weighted by molar-refractivity contribution is -0.127. The van der Waals surface area contributed by atoms with Gasteiger partial charge in [0.2, 0.25) is 5.91 Å². The largest absolute Gasteiger partial charge is 0.497 e. The summed E-state index contributed by atoms with van der Waals surface area (Å²) < 4.78 is 7.19. The first-order valence-corrected chi connectivity index (χ1v) is 11.2. The molecule has 0 aliphatic rings. The highest BCUT2D eigenvalue weighted by Crippen LogP contribution is 2.26. The molecule has 0 N–H and O–H groups in total. The number of aryl methyl sites for hydroxylation is 1. The van der Waals surface area contributed by atoms with Gasteiger partial charge in [-0.05, 0) is 41.8 Å². The highest BCUT2D eigenvalue weighted by Gasteiger charge is 2.17. The predicted octanol–water partition coefficient (Wildman–Crippen LogP) is 4.45.